The topological polar surface area (TPSA) is 32.3 Å². The summed E-state index contributed by atoms with van der Waals surface area (Å²) in [7, 11) is 0. The van der Waals surface area contributed by atoms with Crippen LogP contribution in [0.25, 0.3) is 0 Å². The summed E-state index contributed by atoms with van der Waals surface area (Å²) >= 11 is 3.45. The maximum Gasteiger partial charge on any atom is 0.322 e. The summed E-state index contributed by atoms with van der Waals surface area (Å²) in [4.78, 5) is 14.7. The van der Waals surface area contributed by atoms with Crippen LogP contribution in [0.3, 0.4) is 0 Å². The third-order valence-electron chi connectivity index (χ3n) is 4.72. The first-order chi connectivity index (χ1) is 12.4. The summed E-state index contributed by atoms with van der Waals surface area (Å²) in [5, 5.41) is 3.22. The van der Waals surface area contributed by atoms with Gasteiger partial charge in [-0.15, -0.1) is 6.58 Å². The van der Waals surface area contributed by atoms with Crippen LogP contribution in [0.4, 0.5) is 4.79 Å². The van der Waals surface area contributed by atoms with Crippen molar-refractivity contribution in [2.75, 3.05) is 0 Å². The molecule has 0 fully saturated rings. The van der Waals surface area contributed by atoms with Crippen molar-refractivity contribution in [2.45, 2.75) is 31.8 Å². The molecule has 1 N–H and O–H groups in total. The molecule has 2 amide bonds. The van der Waals surface area contributed by atoms with Gasteiger partial charge in [0.05, 0.1) is 11.6 Å². The molecule has 1 heterocycles. The van der Waals surface area contributed by atoms with E-state index in [1.807, 2.05) is 74.6 Å². The maximum absolute atomic E-state index is 13.0. The van der Waals surface area contributed by atoms with E-state index in [1.54, 1.807) is 4.90 Å². The number of urea groups is 1. The smallest absolute Gasteiger partial charge is 0.322 e. The zero-order valence-corrected chi connectivity index (χ0v) is 16.7. The van der Waals surface area contributed by atoms with Crippen LogP contribution in [0.1, 0.15) is 37.4 Å². The minimum absolute atomic E-state index is 0.0575. The van der Waals surface area contributed by atoms with Crippen molar-refractivity contribution >= 4 is 22.0 Å². The van der Waals surface area contributed by atoms with E-state index in [2.05, 4.69) is 33.9 Å². The van der Waals surface area contributed by atoms with Crippen LogP contribution in [0, 0.1) is 0 Å². The number of hydrogen-bond acceptors (Lipinski definition) is 1. The van der Waals surface area contributed by atoms with Gasteiger partial charge in [0, 0.05) is 10.7 Å². The number of hydrogen-bond donors (Lipinski definition) is 1. The van der Waals surface area contributed by atoms with E-state index in [1.165, 1.54) is 0 Å². The minimum atomic E-state index is -0.555. The van der Waals surface area contributed by atoms with Gasteiger partial charge in [-0.05, 0) is 49.6 Å². The lowest BCUT2D eigenvalue weighted by Gasteiger charge is -2.40. The van der Waals surface area contributed by atoms with E-state index in [-0.39, 0.29) is 12.1 Å². The summed E-state index contributed by atoms with van der Waals surface area (Å²) < 4.78 is 1.02. The highest BCUT2D eigenvalue weighted by Gasteiger charge is 2.37. The molecule has 26 heavy (non-hydrogen) atoms. The molecule has 3 rings (SSSR count). The summed E-state index contributed by atoms with van der Waals surface area (Å²) in [6.07, 6.45) is 4.65. The van der Waals surface area contributed by atoms with Crippen molar-refractivity contribution in [1.82, 2.24) is 10.2 Å². The monoisotopic (exact) mass is 410 g/mol. The van der Waals surface area contributed by atoms with Crippen LogP contribution < -0.4 is 5.32 Å². The second kappa shape index (κ2) is 7.50. The van der Waals surface area contributed by atoms with E-state index in [0.29, 0.717) is 6.42 Å². The van der Waals surface area contributed by atoms with Gasteiger partial charge in [-0.2, -0.15) is 0 Å². The van der Waals surface area contributed by atoms with Gasteiger partial charge >= 0.3 is 6.03 Å². The Kier molecular flexibility index (Phi) is 5.33. The minimum Gasteiger partial charge on any atom is -0.324 e. The molecule has 1 aliphatic rings. The summed E-state index contributed by atoms with van der Waals surface area (Å²) in [5.41, 5.74) is 2.61. The lowest BCUT2D eigenvalue weighted by molar-refractivity contribution is 0.185. The molecule has 2 atom stereocenters. The molecular weight excluding hydrogens is 388 g/mol. The molecule has 0 aromatic heterocycles. The molecule has 0 bridgehead atoms. The Morgan fingerprint density at radius 1 is 1.19 bits per heavy atom. The molecule has 0 spiro atoms. The fraction of sp³-hybridized carbons (Fsp3) is 0.227. The molecule has 1 aliphatic heterocycles. The van der Waals surface area contributed by atoms with Crippen molar-refractivity contribution in [3.63, 3.8) is 0 Å². The van der Waals surface area contributed by atoms with Gasteiger partial charge in [-0.25, -0.2) is 4.79 Å². The highest BCUT2D eigenvalue weighted by atomic mass is 79.9. The van der Waals surface area contributed by atoms with Crippen molar-refractivity contribution < 1.29 is 4.79 Å². The summed E-state index contributed by atoms with van der Waals surface area (Å²) in [5.74, 6) is 0. The number of carbonyl (C=O) groups is 1. The maximum atomic E-state index is 13.0. The first-order valence-electron chi connectivity index (χ1n) is 8.66. The Hall–Kier alpha value is -2.33. The van der Waals surface area contributed by atoms with Gasteiger partial charge in [0.1, 0.15) is 0 Å². The number of rotatable bonds is 5. The van der Waals surface area contributed by atoms with Gasteiger partial charge in [0.15, 0.2) is 0 Å². The van der Waals surface area contributed by atoms with E-state index < -0.39 is 5.54 Å². The van der Waals surface area contributed by atoms with Crippen molar-refractivity contribution in [1.29, 1.82) is 0 Å². The van der Waals surface area contributed by atoms with Gasteiger partial charge in [-0.3, -0.25) is 4.90 Å². The summed E-state index contributed by atoms with van der Waals surface area (Å²) in [6.45, 7) is 8.07. The first kappa shape index (κ1) is 18.5. The average molecular weight is 411 g/mol. The van der Waals surface area contributed by atoms with Crippen LogP contribution >= 0.6 is 15.9 Å². The predicted octanol–water partition coefficient (Wildman–Crippen LogP) is 5.91. The first-order valence-corrected chi connectivity index (χ1v) is 9.46. The molecule has 4 heteroatoms. The molecule has 134 valence electrons. The van der Waals surface area contributed by atoms with E-state index in [0.717, 1.165) is 21.2 Å². The fourth-order valence-corrected chi connectivity index (χ4v) is 3.63. The van der Waals surface area contributed by atoms with E-state index in [9.17, 15) is 4.79 Å². The second-order valence-corrected chi connectivity index (χ2v) is 7.77. The Morgan fingerprint density at radius 3 is 2.42 bits per heavy atom. The number of nitrogens with one attached hydrogen (secondary N) is 1. The second-order valence-electron chi connectivity index (χ2n) is 6.85. The van der Waals surface area contributed by atoms with Crippen molar-refractivity contribution in [3.05, 3.63) is 94.6 Å². The Balaban J connectivity index is 1.93. The number of halogens is 1. The van der Waals surface area contributed by atoms with E-state index >= 15 is 0 Å². The molecule has 0 saturated heterocycles. The number of carbonyl (C=O) groups excluding carboxylic acids is 1. The van der Waals surface area contributed by atoms with Crippen molar-refractivity contribution in [2.24, 2.45) is 0 Å². The largest absolute Gasteiger partial charge is 0.324 e. The predicted molar refractivity (Wildman–Crippen MR) is 110 cm³/mol. The van der Waals surface area contributed by atoms with Gasteiger partial charge in [0.2, 0.25) is 0 Å². The quantitative estimate of drug-likeness (QED) is 0.610. The standard InChI is InChI=1S/C22H23BrN2O/c1-16(2)15-22(19-7-5-4-6-8-19)13-14-25(21(26)24-22)17(3)18-9-11-20(23)12-10-18/h4-14,17H,1,15H2,2-3H3,(H,24,26). The van der Waals surface area contributed by atoms with Gasteiger partial charge in [0.25, 0.3) is 0 Å². The lowest BCUT2D eigenvalue weighted by atomic mass is 9.83. The normalized spacial score (nSPS) is 20.6. The number of benzene rings is 2. The molecule has 0 aliphatic carbocycles. The molecule has 0 radical (unpaired) electrons. The van der Waals surface area contributed by atoms with Crippen LogP contribution in [0.15, 0.2) is 83.5 Å². The lowest BCUT2D eigenvalue weighted by Crippen LogP contribution is -2.53. The highest BCUT2D eigenvalue weighted by Crippen LogP contribution is 2.34. The van der Waals surface area contributed by atoms with Gasteiger partial charge in [-0.1, -0.05) is 64.0 Å². The zero-order valence-electron chi connectivity index (χ0n) is 15.1. The Bertz CT molecular complexity index is 829. The third kappa shape index (κ3) is 3.75. The van der Waals surface area contributed by atoms with Crippen LogP contribution in [-0.2, 0) is 5.54 Å². The third-order valence-corrected chi connectivity index (χ3v) is 5.25. The molecule has 2 aromatic rings. The Labute approximate surface area is 163 Å². The molecule has 2 aromatic carbocycles. The molecule has 3 nitrogen and oxygen atoms in total. The SMILES string of the molecule is C=C(C)CC1(c2ccccc2)C=CN(C(C)c2ccc(Br)cc2)C(=O)N1. The highest BCUT2D eigenvalue weighted by molar-refractivity contribution is 9.10. The Morgan fingerprint density at radius 2 is 1.85 bits per heavy atom. The van der Waals surface area contributed by atoms with Crippen LogP contribution in [-0.4, -0.2) is 10.9 Å². The molecule has 0 saturated carbocycles. The summed E-state index contributed by atoms with van der Waals surface area (Å²) in [6, 6.07) is 17.9. The number of amides is 2. The van der Waals surface area contributed by atoms with E-state index in [4.69, 9.17) is 0 Å². The molecule has 2 unspecified atom stereocenters. The van der Waals surface area contributed by atoms with Gasteiger partial charge < -0.3 is 5.32 Å². The van der Waals surface area contributed by atoms with Crippen LogP contribution in [0.5, 0.6) is 0 Å². The van der Waals surface area contributed by atoms with Crippen LogP contribution in [0.2, 0.25) is 0 Å². The van der Waals surface area contributed by atoms with Crippen molar-refractivity contribution in [3.8, 4) is 0 Å². The fourth-order valence-electron chi connectivity index (χ4n) is 3.36. The number of nitrogens with zero attached hydrogens (tertiary/aromatic N) is 1. The molecular formula is C22H23BrN2O. The average Bonchev–Trinajstić information content (AvgIpc) is 2.62. The zero-order chi connectivity index (χ0) is 18.7.